The number of ketones is 1. The number of rotatable bonds is 3. The lowest BCUT2D eigenvalue weighted by Gasteiger charge is -2.12. The second-order valence-electron chi connectivity index (χ2n) is 2.53. The van der Waals surface area contributed by atoms with Gasteiger partial charge >= 0.3 is 0 Å². The number of hydrogen-bond acceptors (Lipinski definition) is 2. The minimum atomic E-state index is -0.207. The van der Waals surface area contributed by atoms with Crippen molar-refractivity contribution in [3.63, 3.8) is 0 Å². The number of ether oxygens (including phenoxy) is 1. The van der Waals surface area contributed by atoms with Crippen molar-refractivity contribution < 1.29 is 9.53 Å². The summed E-state index contributed by atoms with van der Waals surface area (Å²) in [6, 6.07) is 0. The van der Waals surface area contributed by atoms with Gasteiger partial charge in [-0.15, -0.1) is 6.42 Å². The molecule has 0 N–H and O–H groups in total. The first kappa shape index (κ1) is 9.50. The quantitative estimate of drug-likeness (QED) is 0.602. The maximum Gasteiger partial charge on any atom is 0.185 e. The Labute approximate surface area is 77.6 Å². The fourth-order valence-electron chi connectivity index (χ4n) is 1.01. The summed E-state index contributed by atoms with van der Waals surface area (Å²) in [7, 11) is 0. The van der Waals surface area contributed by atoms with E-state index in [9.17, 15) is 4.79 Å². The molecule has 1 aliphatic carbocycles. The Morgan fingerprint density at radius 1 is 1.77 bits per heavy atom. The van der Waals surface area contributed by atoms with Crippen molar-refractivity contribution >= 4 is 5.78 Å². The third-order valence-corrected chi connectivity index (χ3v) is 1.64. The summed E-state index contributed by atoms with van der Waals surface area (Å²) < 4.78 is 5.21. The summed E-state index contributed by atoms with van der Waals surface area (Å²) in [6.07, 6.45) is 11.2. The van der Waals surface area contributed by atoms with Crippen molar-refractivity contribution in [2.24, 2.45) is 0 Å². The average Bonchev–Trinajstić information content (AvgIpc) is 2.16. The Hall–Kier alpha value is -1.59. The monoisotopic (exact) mass is 174 g/mol. The maximum absolute atomic E-state index is 11.1. The summed E-state index contributed by atoms with van der Waals surface area (Å²) in [5.74, 6) is 2.32. The number of carbonyl (C=O) groups excluding carboxylic acids is 1. The predicted molar refractivity (Wildman–Crippen MR) is 51.0 cm³/mol. The second kappa shape index (κ2) is 4.44. The van der Waals surface area contributed by atoms with E-state index in [-0.39, 0.29) is 18.5 Å². The molecule has 0 amide bonds. The van der Waals surface area contributed by atoms with Crippen LogP contribution in [0.1, 0.15) is 0 Å². The molecule has 0 saturated carbocycles. The molecule has 1 atom stereocenters. The van der Waals surface area contributed by atoms with Crippen LogP contribution in [-0.4, -0.2) is 18.5 Å². The van der Waals surface area contributed by atoms with Gasteiger partial charge in [-0.05, 0) is 18.2 Å². The first-order valence-corrected chi connectivity index (χ1v) is 3.90. The molecule has 2 nitrogen and oxygen atoms in total. The molecule has 1 rings (SSSR count). The highest BCUT2D eigenvalue weighted by atomic mass is 16.5. The largest absolute Gasteiger partial charge is 0.357 e. The number of allylic oxidation sites excluding steroid dienone is 3. The van der Waals surface area contributed by atoms with Gasteiger partial charge < -0.3 is 4.74 Å². The van der Waals surface area contributed by atoms with Crippen LogP contribution in [0.2, 0.25) is 0 Å². The first-order valence-electron chi connectivity index (χ1n) is 3.90. The lowest BCUT2D eigenvalue weighted by atomic mass is 10.0. The average molecular weight is 174 g/mol. The zero-order chi connectivity index (χ0) is 9.68. The Kier molecular flexibility index (Phi) is 3.24. The lowest BCUT2D eigenvalue weighted by molar-refractivity contribution is -0.111. The van der Waals surface area contributed by atoms with E-state index < -0.39 is 0 Å². The van der Waals surface area contributed by atoms with Gasteiger partial charge in [-0.3, -0.25) is 4.79 Å². The summed E-state index contributed by atoms with van der Waals surface area (Å²) >= 11 is 0. The molecular weight excluding hydrogens is 164 g/mol. The molecule has 0 aliphatic heterocycles. The van der Waals surface area contributed by atoms with Crippen LogP contribution in [0.5, 0.6) is 0 Å². The normalized spacial score (nSPS) is 20.7. The van der Waals surface area contributed by atoms with Crippen LogP contribution in [0.25, 0.3) is 0 Å². The Morgan fingerprint density at radius 2 is 2.54 bits per heavy atom. The maximum atomic E-state index is 11.1. The van der Waals surface area contributed by atoms with Crippen molar-refractivity contribution in [1.82, 2.24) is 0 Å². The van der Waals surface area contributed by atoms with Crippen LogP contribution in [0.15, 0.2) is 36.5 Å². The predicted octanol–water partition coefficient (Wildman–Crippen LogP) is 1.26. The van der Waals surface area contributed by atoms with E-state index >= 15 is 0 Å². The van der Waals surface area contributed by atoms with E-state index in [0.29, 0.717) is 5.57 Å². The van der Waals surface area contributed by atoms with Gasteiger partial charge in [-0.2, -0.15) is 0 Å². The van der Waals surface area contributed by atoms with Crippen molar-refractivity contribution in [2.45, 2.75) is 6.10 Å². The highest BCUT2D eigenvalue weighted by Gasteiger charge is 2.12. The van der Waals surface area contributed by atoms with Crippen molar-refractivity contribution in [3.05, 3.63) is 36.5 Å². The second-order valence-corrected chi connectivity index (χ2v) is 2.53. The van der Waals surface area contributed by atoms with Crippen LogP contribution < -0.4 is 0 Å². The van der Waals surface area contributed by atoms with Crippen LogP contribution in [0.3, 0.4) is 0 Å². The van der Waals surface area contributed by atoms with Crippen LogP contribution in [0.4, 0.5) is 0 Å². The van der Waals surface area contributed by atoms with Crippen LogP contribution >= 0.6 is 0 Å². The van der Waals surface area contributed by atoms with Crippen molar-refractivity contribution in [1.29, 1.82) is 0 Å². The van der Waals surface area contributed by atoms with Gasteiger partial charge in [0, 0.05) is 5.57 Å². The molecule has 0 aromatic carbocycles. The highest BCUT2D eigenvalue weighted by Crippen LogP contribution is 2.11. The van der Waals surface area contributed by atoms with Crippen molar-refractivity contribution in [2.75, 3.05) is 6.61 Å². The van der Waals surface area contributed by atoms with Crippen molar-refractivity contribution in [3.8, 4) is 12.3 Å². The third kappa shape index (κ3) is 2.43. The van der Waals surface area contributed by atoms with Gasteiger partial charge in [0.25, 0.3) is 0 Å². The first-order chi connectivity index (χ1) is 6.27. The van der Waals surface area contributed by atoms with Crippen LogP contribution in [0, 0.1) is 12.3 Å². The standard InChI is InChI=1S/C11H10O2/c1-3-7-13-10-5-6-11(12)9(4-2)8-10/h1,4-6,8,10H,2,7H2. The lowest BCUT2D eigenvalue weighted by Crippen LogP contribution is -2.14. The minimum Gasteiger partial charge on any atom is -0.357 e. The molecule has 66 valence electrons. The fourth-order valence-corrected chi connectivity index (χ4v) is 1.01. The van der Waals surface area contributed by atoms with Gasteiger partial charge in [-0.25, -0.2) is 0 Å². The molecule has 1 unspecified atom stereocenters. The smallest absolute Gasteiger partial charge is 0.185 e. The molecule has 0 aromatic heterocycles. The molecule has 0 heterocycles. The molecule has 0 fully saturated rings. The molecule has 2 heteroatoms. The van der Waals surface area contributed by atoms with Gasteiger partial charge in [0.2, 0.25) is 0 Å². The SMILES string of the molecule is C#CCOC1C=CC(=O)C(C=C)=C1. The molecule has 0 aromatic rings. The molecule has 0 saturated heterocycles. The van der Waals surface area contributed by atoms with E-state index in [1.165, 1.54) is 12.2 Å². The van der Waals surface area contributed by atoms with E-state index in [4.69, 9.17) is 11.2 Å². The van der Waals surface area contributed by atoms with E-state index in [2.05, 4.69) is 12.5 Å². The van der Waals surface area contributed by atoms with E-state index in [1.54, 1.807) is 12.2 Å². The zero-order valence-electron chi connectivity index (χ0n) is 7.19. The number of hydrogen-bond donors (Lipinski definition) is 0. The molecule has 1 aliphatic rings. The Balaban J connectivity index is 2.66. The molecule has 0 spiro atoms. The molecular formula is C11H10O2. The minimum absolute atomic E-state index is 0.0458. The van der Waals surface area contributed by atoms with Gasteiger partial charge in [0.15, 0.2) is 5.78 Å². The number of terminal acetylenes is 1. The zero-order valence-corrected chi connectivity index (χ0v) is 7.19. The van der Waals surface area contributed by atoms with Gasteiger partial charge in [-0.1, -0.05) is 18.6 Å². The molecule has 13 heavy (non-hydrogen) atoms. The third-order valence-electron chi connectivity index (χ3n) is 1.64. The Bertz CT molecular complexity index is 315. The summed E-state index contributed by atoms with van der Waals surface area (Å²) in [5.41, 5.74) is 0.560. The number of carbonyl (C=O) groups is 1. The Morgan fingerprint density at radius 3 is 3.15 bits per heavy atom. The van der Waals surface area contributed by atoms with E-state index in [0.717, 1.165) is 0 Å². The fraction of sp³-hybridized carbons (Fsp3) is 0.182. The molecule has 0 bridgehead atoms. The van der Waals surface area contributed by atoms with E-state index in [1.807, 2.05) is 0 Å². The summed E-state index contributed by atoms with van der Waals surface area (Å²) in [6.45, 7) is 3.77. The highest BCUT2D eigenvalue weighted by molar-refractivity contribution is 6.07. The topological polar surface area (TPSA) is 26.3 Å². The summed E-state index contributed by atoms with van der Waals surface area (Å²) in [4.78, 5) is 11.1. The van der Waals surface area contributed by atoms with Crippen LogP contribution in [-0.2, 0) is 9.53 Å². The summed E-state index contributed by atoms with van der Waals surface area (Å²) in [5, 5.41) is 0. The molecule has 0 radical (unpaired) electrons. The van der Waals surface area contributed by atoms with Gasteiger partial charge in [0.1, 0.15) is 6.61 Å². The van der Waals surface area contributed by atoms with Gasteiger partial charge in [0.05, 0.1) is 6.10 Å².